The molecule has 0 radical (unpaired) electrons. The third-order valence-corrected chi connectivity index (χ3v) is 3.64. The van der Waals surface area contributed by atoms with Crippen molar-refractivity contribution in [1.82, 2.24) is 0 Å². The Bertz CT molecular complexity index is 533. The molecule has 1 aromatic heterocycles. The molecule has 1 N–H and O–H groups in total. The number of phenols is 1. The summed E-state index contributed by atoms with van der Waals surface area (Å²) >= 11 is 7.10. The van der Waals surface area contributed by atoms with Crippen molar-refractivity contribution in [2.75, 3.05) is 7.11 Å². The van der Waals surface area contributed by atoms with E-state index in [1.807, 2.05) is 0 Å². The smallest absolute Gasteiger partial charge is 0.348 e. The van der Waals surface area contributed by atoms with Crippen molar-refractivity contribution < 1.29 is 14.6 Å². The van der Waals surface area contributed by atoms with Crippen LogP contribution in [0.2, 0.25) is 5.02 Å². The van der Waals surface area contributed by atoms with Crippen LogP contribution < -0.4 is 0 Å². The summed E-state index contributed by atoms with van der Waals surface area (Å²) in [6.07, 6.45) is 0. The molecule has 0 aliphatic carbocycles. The van der Waals surface area contributed by atoms with Gasteiger partial charge in [-0.25, -0.2) is 4.79 Å². The van der Waals surface area contributed by atoms with Gasteiger partial charge in [-0.05, 0) is 23.6 Å². The van der Waals surface area contributed by atoms with Gasteiger partial charge >= 0.3 is 5.97 Å². The average Bonchev–Trinajstić information content (AvgIpc) is 2.67. The fourth-order valence-electron chi connectivity index (χ4n) is 1.26. The number of ether oxygens (including phenoxy) is 1. The highest BCUT2D eigenvalue weighted by Crippen LogP contribution is 2.37. The Morgan fingerprint density at radius 1 is 1.53 bits per heavy atom. The molecule has 0 atom stereocenters. The fraction of sp³-hybridized carbons (Fsp3) is 0.100. The number of carbonyl (C=O) groups is 1. The number of halogens is 1. The molecule has 0 aliphatic heterocycles. The number of methoxy groups -OCH3 is 1. The van der Waals surface area contributed by atoms with Gasteiger partial charge in [0.2, 0.25) is 0 Å². The lowest BCUT2D eigenvalue weighted by molar-refractivity contribution is 0.0606. The largest absolute Gasteiger partial charge is 0.506 e. The molecule has 5 heteroatoms. The molecule has 1 heterocycles. The van der Waals surface area contributed by atoms with Crippen LogP contribution >= 0.6 is 22.9 Å². The number of esters is 1. The Hall–Kier alpha value is -1.26. The molecule has 0 saturated carbocycles. The number of hydrogen-bond acceptors (Lipinski definition) is 4. The maximum atomic E-state index is 11.3. The average molecular weight is 243 g/mol. The molecule has 0 unspecified atom stereocenters. The molecule has 1 aromatic carbocycles. The van der Waals surface area contributed by atoms with Crippen LogP contribution in [0.3, 0.4) is 0 Å². The Balaban J connectivity index is 2.66. The van der Waals surface area contributed by atoms with Crippen LogP contribution in [0.15, 0.2) is 18.2 Å². The van der Waals surface area contributed by atoms with Gasteiger partial charge in [0.15, 0.2) is 0 Å². The highest BCUT2D eigenvalue weighted by molar-refractivity contribution is 7.21. The summed E-state index contributed by atoms with van der Waals surface area (Å²) in [6, 6.07) is 4.90. The molecule has 2 rings (SSSR count). The van der Waals surface area contributed by atoms with E-state index in [0.717, 1.165) is 5.39 Å². The van der Waals surface area contributed by atoms with Crippen molar-refractivity contribution >= 4 is 39.0 Å². The lowest BCUT2D eigenvalue weighted by Gasteiger charge is -1.95. The van der Waals surface area contributed by atoms with Crippen LogP contribution in [0.1, 0.15) is 9.67 Å². The number of phenolic OH excluding ortho intramolecular Hbond substituents is 1. The Morgan fingerprint density at radius 3 is 2.93 bits per heavy atom. The molecular formula is C10H7ClO3S. The minimum atomic E-state index is -0.397. The quantitative estimate of drug-likeness (QED) is 0.782. The predicted molar refractivity (Wildman–Crippen MR) is 59.8 cm³/mol. The Kier molecular flexibility index (Phi) is 2.54. The van der Waals surface area contributed by atoms with Crippen LogP contribution in [0.25, 0.3) is 10.1 Å². The number of hydrogen-bond donors (Lipinski definition) is 1. The Morgan fingerprint density at radius 2 is 2.27 bits per heavy atom. The van der Waals surface area contributed by atoms with E-state index in [9.17, 15) is 9.90 Å². The number of benzene rings is 1. The Labute approximate surface area is 94.9 Å². The summed E-state index contributed by atoms with van der Waals surface area (Å²) in [5.41, 5.74) is 0. The zero-order valence-corrected chi connectivity index (χ0v) is 9.35. The minimum absolute atomic E-state index is 0.0161. The van der Waals surface area contributed by atoms with E-state index < -0.39 is 5.97 Å². The normalized spacial score (nSPS) is 10.5. The molecule has 3 nitrogen and oxygen atoms in total. The topological polar surface area (TPSA) is 46.5 Å². The third-order valence-electron chi connectivity index (χ3n) is 1.99. The first-order valence-corrected chi connectivity index (χ1v) is 5.32. The second-order valence-electron chi connectivity index (χ2n) is 2.92. The molecule has 0 aliphatic rings. The summed E-state index contributed by atoms with van der Waals surface area (Å²) in [5, 5.41) is 10.5. The molecule has 0 fully saturated rings. The van der Waals surface area contributed by atoms with E-state index >= 15 is 0 Å². The van der Waals surface area contributed by atoms with Gasteiger partial charge in [0, 0.05) is 0 Å². The fourth-order valence-corrected chi connectivity index (χ4v) is 2.56. The van der Waals surface area contributed by atoms with Gasteiger partial charge in [-0.1, -0.05) is 11.6 Å². The summed E-state index contributed by atoms with van der Waals surface area (Å²) < 4.78 is 5.29. The molecule has 0 bridgehead atoms. The first-order chi connectivity index (χ1) is 7.13. The maximum absolute atomic E-state index is 11.3. The molecule has 0 saturated heterocycles. The summed E-state index contributed by atoms with van der Waals surface area (Å²) in [6.45, 7) is 0. The molecule has 2 aromatic rings. The number of carbonyl (C=O) groups excluding carboxylic acids is 1. The number of aromatic hydroxyl groups is 1. The van der Waals surface area contributed by atoms with Gasteiger partial charge in [0.25, 0.3) is 0 Å². The zero-order chi connectivity index (χ0) is 11.0. The van der Waals surface area contributed by atoms with Crippen molar-refractivity contribution in [2.45, 2.75) is 0 Å². The van der Waals surface area contributed by atoms with E-state index in [1.165, 1.54) is 24.5 Å². The molecular weight excluding hydrogens is 236 g/mol. The van der Waals surface area contributed by atoms with Crippen molar-refractivity contribution in [1.29, 1.82) is 0 Å². The van der Waals surface area contributed by atoms with Crippen LogP contribution in [0.5, 0.6) is 5.75 Å². The van der Waals surface area contributed by atoms with Crippen LogP contribution in [-0.4, -0.2) is 18.2 Å². The molecule has 15 heavy (non-hydrogen) atoms. The summed E-state index contributed by atoms with van der Waals surface area (Å²) in [5.74, 6) is -0.380. The van der Waals surface area contributed by atoms with E-state index in [-0.39, 0.29) is 10.8 Å². The lowest BCUT2D eigenvalue weighted by atomic mass is 10.2. The first-order valence-electron chi connectivity index (χ1n) is 4.13. The highest BCUT2D eigenvalue weighted by Gasteiger charge is 2.13. The highest BCUT2D eigenvalue weighted by atomic mass is 35.5. The summed E-state index contributed by atoms with van der Waals surface area (Å²) in [4.78, 5) is 11.7. The SMILES string of the molecule is COC(=O)c1cc2ccc(O)c(Cl)c2s1. The van der Waals surface area contributed by atoms with Crippen LogP contribution in [0, 0.1) is 0 Å². The minimum Gasteiger partial charge on any atom is -0.506 e. The van der Waals surface area contributed by atoms with Crippen LogP contribution in [-0.2, 0) is 4.74 Å². The second kappa shape index (κ2) is 3.72. The van der Waals surface area contributed by atoms with E-state index in [1.54, 1.807) is 12.1 Å². The van der Waals surface area contributed by atoms with Gasteiger partial charge in [0.05, 0.1) is 11.8 Å². The molecule has 0 spiro atoms. The van der Waals surface area contributed by atoms with Gasteiger partial charge in [-0.2, -0.15) is 0 Å². The lowest BCUT2D eigenvalue weighted by Crippen LogP contribution is -1.96. The molecule has 0 amide bonds. The van der Waals surface area contributed by atoms with Gasteiger partial charge in [-0.15, -0.1) is 11.3 Å². The van der Waals surface area contributed by atoms with E-state index in [2.05, 4.69) is 4.74 Å². The first kappa shape index (κ1) is 10.3. The van der Waals surface area contributed by atoms with E-state index in [0.29, 0.717) is 9.58 Å². The second-order valence-corrected chi connectivity index (χ2v) is 4.35. The van der Waals surface area contributed by atoms with Crippen molar-refractivity contribution in [3.8, 4) is 5.75 Å². The van der Waals surface area contributed by atoms with Gasteiger partial charge < -0.3 is 9.84 Å². The van der Waals surface area contributed by atoms with Crippen molar-refractivity contribution in [2.24, 2.45) is 0 Å². The third kappa shape index (κ3) is 1.66. The maximum Gasteiger partial charge on any atom is 0.348 e. The molecule has 78 valence electrons. The summed E-state index contributed by atoms with van der Waals surface area (Å²) in [7, 11) is 1.33. The number of thiophene rings is 1. The number of fused-ring (bicyclic) bond motifs is 1. The van der Waals surface area contributed by atoms with Gasteiger partial charge in [-0.3, -0.25) is 0 Å². The van der Waals surface area contributed by atoms with Gasteiger partial charge in [0.1, 0.15) is 15.6 Å². The van der Waals surface area contributed by atoms with Crippen molar-refractivity contribution in [3.05, 3.63) is 28.1 Å². The van der Waals surface area contributed by atoms with E-state index in [4.69, 9.17) is 11.6 Å². The zero-order valence-electron chi connectivity index (χ0n) is 7.78. The van der Waals surface area contributed by atoms with Crippen molar-refractivity contribution in [3.63, 3.8) is 0 Å². The monoisotopic (exact) mass is 242 g/mol. The number of rotatable bonds is 1. The van der Waals surface area contributed by atoms with Crippen LogP contribution in [0.4, 0.5) is 0 Å². The predicted octanol–water partition coefficient (Wildman–Crippen LogP) is 3.05. The standard InChI is InChI=1S/C10H7ClO3S/c1-14-10(13)7-4-5-2-3-6(12)8(11)9(5)15-7/h2-4,12H,1H3.